The van der Waals surface area contributed by atoms with Gasteiger partial charge in [-0.1, -0.05) is 0 Å². The molecule has 1 N–H and O–H groups in total. The van der Waals surface area contributed by atoms with Crippen LogP contribution in [0.4, 0.5) is 0 Å². The zero-order valence-electron chi connectivity index (χ0n) is 5.51. The van der Waals surface area contributed by atoms with Crippen LogP contribution in [0, 0.1) is 0 Å². The van der Waals surface area contributed by atoms with Gasteiger partial charge in [-0.25, -0.2) is 0 Å². The van der Waals surface area contributed by atoms with Gasteiger partial charge in [-0.15, -0.1) is 0 Å². The molecule has 3 rings (SSSR count). The third-order valence-corrected chi connectivity index (χ3v) is 3.11. The lowest BCUT2D eigenvalue weighted by molar-refractivity contribution is -0.134. The van der Waals surface area contributed by atoms with Crippen LogP contribution in [0.25, 0.3) is 0 Å². The van der Waals surface area contributed by atoms with Crippen LogP contribution in [0.15, 0.2) is 0 Å². The van der Waals surface area contributed by atoms with Crippen molar-refractivity contribution >= 4 is 0 Å². The second kappa shape index (κ2) is 1.32. The van der Waals surface area contributed by atoms with Crippen molar-refractivity contribution in [3.8, 4) is 0 Å². The fourth-order valence-corrected chi connectivity index (χ4v) is 2.62. The molecule has 3 heterocycles. The normalized spacial score (nSPS) is 55.3. The van der Waals surface area contributed by atoms with E-state index in [9.17, 15) is 0 Å². The Bertz CT molecular complexity index is 128. The summed E-state index contributed by atoms with van der Waals surface area (Å²) in [7, 11) is 0. The highest BCUT2D eigenvalue weighted by atomic mass is 15.4. The average molecular weight is 124 g/mol. The molecule has 3 saturated heterocycles. The second-order valence-corrected chi connectivity index (χ2v) is 3.54. The third kappa shape index (κ3) is 0.413. The van der Waals surface area contributed by atoms with E-state index in [-0.39, 0.29) is 0 Å². The van der Waals surface area contributed by atoms with E-state index in [0.29, 0.717) is 0 Å². The number of hydrogen-bond acceptors (Lipinski definition) is 2. The fourth-order valence-electron chi connectivity index (χ4n) is 2.62. The van der Waals surface area contributed by atoms with Gasteiger partial charge in [0.15, 0.2) is 0 Å². The van der Waals surface area contributed by atoms with Crippen LogP contribution in [0.5, 0.6) is 0 Å². The van der Waals surface area contributed by atoms with E-state index < -0.39 is 0 Å². The highest BCUT2D eigenvalue weighted by molar-refractivity contribution is 5.10. The van der Waals surface area contributed by atoms with Gasteiger partial charge in [-0.3, -0.25) is 4.90 Å². The van der Waals surface area contributed by atoms with Gasteiger partial charge in [-0.2, -0.15) is 0 Å². The largest absolute Gasteiger partial charge is 0.314 e. The Balaban J connectivity index is 1.84. The zero-order valence-corrected chi connectivity index (χ0v) is 5.51. The van der Waals surface area contributed by atoms with Crippen molar-refractivity contribution in [2.24, 2.45) is 0 Å². The number of nitrogens with zero attached hydrogens (tertiary/aromatic N) is 1. The number of piperidine rings is 1. The minimum atomic E-state index is 0.933. The topological polar surface area (TPSA) is 15.3 Å². The number of piperazine rings is 1. The molecule has 50 valence electrons. The second-order valence-electron chi connectivity index (χ2n) is 3.54. The van der Waals surface area contributed by atoms with Crippen LogP contribution in [0.3, 0.4) is 0 Å². The summed E-state index contributed by atoms with van der Waals surface area (Å²) in [5, 5.41) is 3.46. The lowest BCUT2D eigenvalue weighted by Crippen LogP contribution is -2.76. The predicted molar refractivity (Wildman–Crippen MR) is 35.3 cm³/mol. The molecule has 9 heavy (non-hydrogen) atoms. The lowest BCUT2D eigenvalue weighted by atomic mass is 9.75. The molecule has 0 spiro atoms. The summed E-state index contributed by atoms with van der Waals surface area (Å²) in [6.07, 6.45) is 2.95. The van der Waals surface area contributed by atoms with Crippen LogP contribution in [0.1, 0.15) is 12.8 Å². The Morgan fingerprint density at radius 3 is 2.11 bits per heavy atom. The van der Waals surface area contributed by atoms with E-state index in [1.54, 1.807) is 0 Å². The Morgan fingerprint density at radius 1 is 1.00 bits per heavy atom. The molecule has 0 aromatic rings. The van der Waals surface area contributed by atoms with Crippen molar-refractivity contribution < 1.29 is 0 Å². The summed E-state index contributed by atoms with van der Waals surface area (Å²) in [6.45, 7) is 2.51. The van der Waals surface area contributed by atoms with Crippen LogP contribution in [-0.4, -0.2) is 36.1 Å². The Labute approximate surface area is 55.2 Å². The predicted octanol–water partition coefficient (Wildman–Crippen LogP) is -0.195. The Kier molecular flexibility index (Phi) is 0.691. The molecule has 3 aliphatic rings. The van der Waals surface area contributed by atoms with E-state index >= 15 is 0 Å². The standard InChI is InChI=1S/C7H12N2/c1-5-2-7-4-8-3-6(1)9(5)7/h5-8H,1-4H2. The van der Waals surface area contributed by atoms with Gasteiger partial charge >= 0.3 is 0 Å². The molecule has 2 nitrogen and oxygen atoms in total. The van der Waals surface area contributed by atoms with Crippen molar-refractivity contribution in [3.05, 3.63) is 0 Å². The van der Waals surface area contributed by atoms with E-state index in [1.807, 2.05) is 0 Å². The fraction of sp³-hybridized carbons (Fsp3) is 1.00. The molecule has 3 aliphatic heterocycles. The van der Waals surface area contributed by atoms with Gasteiger partial charge < -0.3 is 5.32 Å². The Hall–Kier alpha value is -0.0800. The summed E-state index contributed by atoms with van der Waals surface area (Å²) in [5.41, 5.74) is 0. The Morgan fingerprint density at radius 2 is 1.67 bits per heavy atom. The average Bonchev–Trinajstić information content (AvgIpc) is 1.73. The first-order valence-electron chi connectivity index (χ1n) is 3.93. The summed E-state index contributed by atoms with van der Waals surface area (Å²) >= 11 is 0. The lowest BCUT2D eigenvalue weighted by Gasteiger charge is -2.64. The molecule has 0 aromatic heterocycles. The first kappa shape index (κ1) is 4.69. The molecule has 0 aromatic carbocycles. The molecule has 2 unspecified atom stereocenters. The SMILES string of the molecule is C1NCC2CC3CC1N23. The molecule has 2 atom stereocenters. The van der Waals surface area contributed by atoms with Gasteiger partial charge in [0.05, 0.1) is 0 Å². The zero-order chi connectivity index (χ0) is 5.84. The quantitative estimate of drug-likeness (QED) is 0.481. The molecule has 2 heteroatoms. The van der Waals surface area contributed by atoms with Crippen molar-refractivity contribution in [2.45, 2.75) is 31.0 Å². The van der Waals surface area contributed by atoms with Crippen molar-refractivity contribution in [2.75, 3.05) is 13.1 Å². The maximum Gasteiger partial charge on any atom is 0.0241 e. The number of rotatable bonds is 0. The first-order chi connectivity index (χ1) is 4.45. The molecule has 0 saturated carbocycles. The molecule has 0 radical (unpaired) electrons. The summed E-state index contributed by atoms with van der Waals surface area (Å²) in [6, 6.07) is 2.88. The van der Waals surface area contributed by atoms with Gasteiger partial charge in [0, 0.05) is 31.2 Å². The van der Waals surface area contributed by atoms with Crippen LogP contribution in [-0.2, 0) is 0 Å². The summed E-state index contributed by atoms with van der Waals surface area (Å²) in [5.74, 6) is 0. The van der Waals surface area contributed by atoms with E-state index in [1.165, 1.54) is 25.9 Å². The van der Waals surface area contributed by atoms with Gasteiger partial charge in [0.25, 0.3) is 0 Å². The maximum absolute atomic E-state index is 3.46. The van der Waals surface area contributed by atoms with Crippen LogP contribution >= 0.6 is 0 Å². The van der Waals surface area contributed by atoms with E-state index in [0.717, 1.165) is 18.1 Å². The molecule has 3 fully saturated rings. The monoisotopic (exact) mass is 124 g/mol. The molecule has 0 aliphatic carbocycles. The molecular formula is C7H12N2. The molecule has 0 bridgehead atoms. The minimum absolute atomic E-state index is 0.933. The summed E-state index contributed by atoms with van der Waals surface area (Å²) in [4.78, 5) is 2.69. The first-order valence-corrected chi connectivity index (χ1v) is 3.93. The van der Waals surface area contributed by atoms with Crippen LogP contribution in [0.2, 0.25) is 0 Å². The van der Waals surface area contributed by atoms with Gasteiger partial charge in [0.1, 0.15) is 0 Å². The van der Waals surface area contributed by atoms with Crippen molar-refractivity contribution in [3.63, 3.8) is 0 Å². The van der Waals surface area contributed by atoms with E-state index in [4.69, 9.17) is 0 Å². The number of hydrogen-bond donors (Lipinski definition) is 1. The molecular weight excluding hydrogens is 112 g/mol. The van der Waals surface area contributed by atoms with Crippen LogP contribution < -0.4 is 5.32 Å². The summed E-state index contributed by atoms with van der Waals surface area (Å²) < 4.78 is 0. The van der Waals surface area contributed by atoms with Gasteiger partial charge in [0.2, 0.25) is 0 Å². The van der Waals surface area contributed by atoms with Crippen molar-refractivity contribution in [1.29, 1.82) is 0 Å². The van der Waals surface area contributed by atoms with Crippen molar-refractivity contribution in [1.82, 2.24) is 10.2 Å². The van der Waals surface area contributed by atoms with Gasteiger partial charge in [-0.05, 0) is 12.8 Å². The highest BCUT2D eigenvalue weighted by Crippen LogP contribution is 2.42. The smallest absolute Gasteiger partial charge is 0.0241 e. The van der Waals surface area contributed by atoms with E-state index in [2.05, 4.69) is 10.2 Å². The number of nitrogens with one attached hydrogen (secondary N) is 1. The highest BCUT2D eigenvalue weighted by Gasteiger charge is 2.52. The maximum atomic E-state index is 3.46. The minimum Gasteiger partial charge on any atom is -0.314 e. The third-order valence-electron chi connectivity index (χ3n) is 3.11. The molecule has 0 amide bonds.